The number of aliphatic hydroxyl groups is 1. The van der Waals surface area contributed by atoms with Gasteiger partial charge in [0.1, 0.15) is 0 Å². The van der Waals surface area contributed by atoms with Gasteiger partial charge in [-0.3, -0.25) is 4.79 Å². The van der Waals surface area contributed by atoms with Crippen molar-refractivity contribution in [2.75, 3.05) is 6.61 Å². The molecule has 0 aromatic carbocycles. The third-order valence-electron chi connectivity index (χ3n) is 2.93. The van der Waals surface area contributed by atoms with E-state index in [0.717, 1.165) is 0 Å². The first-order chi connectivity index (χ1) is 4.63. The van der Waals surface area contributed by atoms with Gasteiger partial charge in [-0.1, -0.05) is 0 Å². The predicted octanol–water partition coefficient (Wildman–Crippen LogP) is 0.234. The van der Waals surface area contributed by atoms with Crippen LogP contribution in [0, 0.1) is 10.8 Å². The van der Waals surface area contributed by atoms with Crippen molar-refractivity contribution in [2.45, 2.75) is 19.3 Å². The molecule has 3 fully saturated rings. The maximum atomic E-state index is 10.5. The molecule has 0 radical (unpaired) electrons. The number of hydrogen-bond donors (Lipinski definition) is 2. The number of carboxylic acids is 1. The van der Waals surface area contributed by atoms with E-state index in [9.17, 15) is 4.79 Å². The van der Waals surface area contributed by atoms with E-state index in [0.29, 0.717) is 19.3 Å². The van der Waals surface area contributed by atoms with Gasteiger partial charge in [0, 0.05) is 6.61 Å². The molecule has 3 aliphatic carbocycles. The SMILES string of the molecule is O=C(O)C12CC(CO)(C1)C2. The molecule has 2 N–H and O–H groups in total. The Bertz CT molecular complexity index is 177. The Labute approximate surface area is 58.7 Å². The van der Waals surface area contributed by atoms with Crippen molar-refractivity contribution < 1.29 is 15.0 Å². The number of hydrogen-bond acceptors (Lipinski definition) is 2. The van der Waals surface area contributed by atoms with Crippen molar-refractivity contribution in [1.29, 1.82) is 0 Å². The molecule has 3 heteroatoms. The van der Waals surface area contributed by atoms with E-state index in [2.05, 4.69) is 0 Å². The molecule has 3 aliphatic rings. The van der Waals surface area contributed by atoms with Crippen molar-refractivity contribution >= 4 is 5.97 Å². The Balaban J connectivity index is 2.04. The van der Waals surface area contributed by atoms with E-state index in [1.807, 2.05) is 0 Å². The first kappa shape index (κ1) is 6.16. The molecule has 0 heterocycles. The third-order valence-corrected chi connectivity index (χ3v) is 2.93. The lowest BCUT2D eigenvalue weighted by Crippen LogP contribution is -2.66. The van der Waals surface area contributed by atoms with Crippen LogP contribution in [0.5, 0.6) is 0 Å². The number of rotatable bonds is 2. The van der Waals surface area contributed by atoms with Gasteiger partial charge in [-0.15, -0.1) is 0 Å². The van der Waals surface area contributed by atoms with E-state index in [1.165, 1.54) is 0 Å². The van der Waals surface area contributed by atoms with Crippen molar-refractivity contribution in [2.24, 2.45) is 10.8 Å². The lowest BCUT2D eigenvalue weighted by Gasteiger charge is -2.67. The van der Waals surface area contributed by atoms with Crippen LogP contribution in [-0.4, -0.2) is 22.8 Å². The molecule has 0 aliphatic heterocycles. The van der Waals surface area contributed by atoms with Crippen molar-refractivity contribution in [3.8, 4) is 0 Å². The van der Waals surface area contributed by atoms with E-state index in [-0.39, 0.29) is 12.0 Å². The average molecular weight is 142 g/mol. The van der Waals surface area contributed by atoms with Crippen LogP contribution in [0.15, 0.2) is 0 Å². The molecular formula is C7H10O3. The Morgan fingerprint density at radius 3 is 2.20 bits per heavy atom. The summed E-state index contributed by atoms with van der Waals surface area (Å²) in [6.45, 7) is 0.169. The van der Waals surface area contributed by atoms with Crippen LogP contribution in [-0.2, 0) is 4.79 Å². The van der Waals surface area contributed by atoms with Gasteiger partial charge < -0.3 is 10.2 Å². The zero-order chi connectivity index (χ0) is 7.41. The summed E-state index contributed by atoms with van der Waals surface area (Å²) in [5.41, 5.74) is -0.388. The molecular weight excluding hydrogens is 132 g/mol. The van der Waals surface area contributed by atoms with Crippen LogP contribution in [0.3, 0.4) is 0 Å². The number of aliphatic carboxylic acids is 1. The van der Waals surface area contributed by atoms with E-state index in [4.69, 9.17) is 10.2 Å². The Hall–Kier alpha value is -0.570. The minimum absolute atomic E-state index is 0.0262. The second kappa shape index (κ2) is 1.37. The van der Waals surface area contributed by atoms with Gasteiger partial charge in [0.2, 0.25) is 0 Å². The van der Waals surface area contributed by atoms with Crippen molar-refractivity contribution in [3.63, 3.8) is 0 Å². The van der Waals surface area contributed by atoms with E-state index >= 15 is 0 Å². The van der Waals surface area contributed by atoms with Crippen LogP contribution in [0.4, 0.5) is 0 Å². The Kier molecular flexibility index (Phi) is 0.844. The minimum Gasteiger partial charge on any atom is -0.481 e. The summed E-state index contributed by atoms with van der Waals surface area (Å²) in [5.74, 6) is -0.678. The maximum absolute atomic E-state index is 10.5. The van der Waals surface area contributed by atoms with Gasteiger partial charge in [-0.25, -0.2) is 0 Å². The van der Waals surface area contributed by atoms with Gasteiger partial charge in [0.25, 0.3) is 0 Å². The van der Waals surface area contributed by atoms with Crippen LogP contribution >= 0.6 is 0 Å². The maximum Gasteiger partial charge on any atom is 0.309 e. The molecule has 0 atom stereocenters. The highest BCUT2D eigenvalue weighted by Gasteiger charge is 2.71. The lowest BCUT2D eigenvalue weighted by atomic mass is 9.35. The molecule has 10 heavy (non-hydrogen) atoms. The average Bonchev–Trinajstić information content (AvgIpc) is 1.57. The van der Waals surface area contributed by atoms with E-state index in [1.54, 1.807) is 0 Å². The first-order valence-corrected chi connectivity index (χ1v) is 3.47. The summed E-state index contributed by atoms with van der Waals surface area (Å²) < 4.78 is 0. The molecule has 56 valence electrons. The summed E-state index contributed by atoms with van der Waals surface area (Å²) in [5, 5.41) is 17.4. The molecule has 0 amide bonds. The van der Waals surface area contributed by atoms with Gasteiger partial charge in [0.15, 0.2) is 0 Å². The fraction of sp³-hybridized carbons (Fsp3) is 0.857. The summed E-state index contributed by atoms with van der Waals surface area (Å²) in [6, 6.07) is 0. The molecule has 0 aromatic heterocycles. The molecule has 2 bridgehead atoms. The molecule has 0 unspecified atom stereocenters. The number of carboxylic acid groups (broad SMARTS) is 1. The largest absolute Gasteiger partial charge is 0.481 e. The minimum atomic E-state index is -0.678. The highest BCUT2D eigenvalue weighted by Crippen LogP contribution is 2.72. The van der Waals surface area contributed by atoms with Crippen molar-refractivity contribution in [1.82, 2.24) is 0 Å². The van der Waals surface area contributed by atoms with Gasteiger partial charge in [-0.05, 0) is 24.7 Å². The third kappa shape index (κ3) is 0.440. The molecule has 0 spiro atoms. The molecule has 0 aromatic rings. The normalized spacial score (nSPS) is 49.3. The standard InChI is InChI=1S/C7H10O3/c8-4-6-1-7(2-6,3-6)5(9)10/h8H,1-4H2,(H,9,10). The van der Waals surface area contributed by atoms with Crippen LogP contribution in [0.1, 0.15) is 19.3 Å². The highest BCUT2D eigenvalue weighted by atomic mass is 16.4. The lowest BCUT2D eigenvalue weighted by molar-refractivity contribution is -0.233. The van der Waals surface area contributed by atoms with Crippen LogP contribution < -0.4 is 0 Å². The highest BCUT2D eigenvalue weighted by molar-refractivity contribution is 5.79. The monoisotopic (exact) mass is 142 g/mol. The quantitative estimate of drug-likeness (QED) is 0.580. The zero-order valence-electron chi connectivity index (χ0n) is 5.63. The second-order valence-electron chi connectivity index (χ2n) is 3.77. The Morgan fingerprint density at radius 2 is 1.90 bits per heavy atom. The summed E-state index contributed by atoms with van der Waals surface area (Å²) in [6.07, 6.45) is 2.10. The first-order valence-electron chi connectivity index (χ1n) is 3.47. The summed E-state index contributed by atoms with van der Waals surface area (Å²) >= 11 is 0. The van der Waals surface area contributed by atoms with Gasteiger partial charge >= 0.3 is 5.97 Å². The topological polar surface area (TPSA) is 57.5 Å². The predicted molar refractivity (Wildman–Crippen MR) is 33.4 cm³/mol. The number of carbonyl (C=O) groups is 1. The smallest absolute Gasteiger partial charge is 0.309 e. The fourth-order valence-electron chi connectivity index (χ4n) is 2.39. The zero-order valence-corrected chi connectivity index (χ0v) is 5.63. The molecule has 0 saturated heterocycles. The number of aliphatic hydroxyl groups excluding tert-OH is 1. The van der Waals surface area contributed by atoms with Crippen molar-refractivity contribution in [3.05, 3.63) is 0 Å². The fourth-order valence-corrected chi connectivity index (χ4v) is 2.39. The summed E-state index contributed by atoms with van der Waals surface area (Å²) in [4.78, 5) is 10.5. The van der Waals surface area contributed by atoms with Gasteiger partial charge in [-0.2, -0.15) is 0 Å². The van der Waals surface area contributed by atoms with Gasteiger partial charge in [0.05, 0.1) is 5.41 Å². The van der Waals surface area contributed by atoms with Crippen LogP contribution in [0.25, 0.3) is 0 Å². The summed E-state index contributed by atoms with van der Waals surface area (Å²) in [7, 11) is 0. The second-order valence-corrected chi connectivity index (χ2v) is 3.77. The molecule has 3 saturated carbocycles. The Morgan fingerprint density at radius 1 is 1.40 bits per heavy atom. The van der Waals surface area contributed by atoms with Crippen LogP contribution in [0.2, 0.25) is 0 Å². The molecule has 3 rings (SSSR count). The van der Waals surface area contributed by atoms with E-state index < -0.39 is 11.4 Å². The molecule has 3 nitrogen and oxygen atoms in total.